The number of amides is 1. The van der Waals surface area contributed by atoms with Crippen LogP contribution >= 0.6 is 0 Å². The van der Waals surface area contributed by atoms with Crippen LogP contribution in [0.1, 0.15) is 19.8 Å². The van der Waals surface area contributed by atoms with Gasteiger partial charge >= 0.3 is 0 Å². The third-order valence-corrected chi connectivity index (χ3v) is 1.71. The quantitative estimate of drug-likeness (QED) is 0.650. The first-order valence-electron chi connectivity index (χ1n) is 4.36. The number of rotatable bonds is 4. The van der Waals surface area contributed by atoms with E-state index in [2.05, 4.69) is 10.3 Å². The summed E-state index contributed by atoms with van der Waals surface area (Å²) >= 11 is 0. The Bertz CT molecular complexity index is 254. The molecule has 4 nitrogen and oxygen atoms in total. The van der Waals surface area contributed by atoms with Crippen molar-refractivity contribution < 1.29 is 4.79 Å². The second-order valence-electron chi connectivity index (χ2n) is 3.16. The van der Waals surface area contributed by atoms with Gasteiger partial charge in [0.25, 0.3) is 0 Å². The number of carbonyl (C=O) groups excluding carboxylic acids is 1. The number of carbonyl (C=O) groups is 1. The van der Waals surface area contributed by atoms with Gasteiger partial charge in [-0.1, -0.05) is 0 Å². The highest BCUT2D eigenvalue weighted by molar-refractivity contribution is 5.90. The summed E-state index contributed by atoms with van der Waals surface area (Å²) < 4.78 is 0. The maximum atomic E-state index is 11.2. The Labute approximate surface area is 77.5 Å². The van der Waals surface area contributed by atoms with Gasteiger partial charge in [0.15, 0.2) is 0 Å². The van der Waals surface area contributed by atoms with E-state index < -0.39 is 0 Å². The fourth-order valence-corrected chi connectivity index (χ4v) is 0.984. The third-order valence-electron chi connectivity index (χ3n) is 1.71. The van der Waals surface area contributed by atoms with Crippen LogP contribution in [0.4, 0.5) is 5.69 Å². The van der Waals surface area contributed by atoms with E-state index in [0.717, 1.165) is 12.1 Å². The Morgan fingerprint density at radius 2 is 2.54 bits per heavy atom. The molecule has 0 aliphatic rings. The summed E-state index contributed by atoms with van der Waals surface area (Å²) in [5, 5.41) is 2.75. The molecule has 0 saturated heterocycles. The van der Waals surface area contributed by atoms with E-state index in [1.54, 1.807) is 12.4 Å². The lowest BCUT2D eigenvalue weighted by Crippen LogP contribution is -2.19. The molecule has 0 aromatic carbocycles. The average molecular weight is 181 g/mol. The van der Waals surface area contributed by atoms with Crippen LogP contribution in [-0.4, -0.2) is 16.9 Å². The van der Waals surface area contributed by atoms with Gasteiger partial charge in [-0.2, -0.15) is 0 Å². The number of aromatic nitrogens is 1. The Morgan fingerprint density at radius 1 is 1.77 bits per heavy atom. The van der Waals surface area contributed by atoms with Gasteiger partial charge in [0.05, 0.1) is 5.69 Å². The standard InChI is InChI=1S/C9H15N3O/c1-7(10)2-3-9(13)12-8-4-5-11-6-8/h4-7,11H,2-3,10H2,1H3,(H,12,13). The van der Waals surface area contributed by atoms with Gasteiger partial charge in [0.2, 0.25) is 5.91 Å². The normalized spacial score (nSPS) is 12.5. The minimum Gasteiger partial charge on any atom is -0.366 e. The lowest BCUT2D eigenvalue weighted by molar-refractivity contribution is -0.116. The number of H-pyrrole nitrogens is 1. The SMILES string of the molecule is CC(N)CCC(=O)Nc1cc[nH]c1. The van der Waals surface area contributed by atoms with Gasteiger partial charge in [-0.25, -0.2) is 0 Å². The summed E-state index contributed by atoms with van der Waals surface area (Å²) in [5.41, 5.74) is 6.33. The van der Waals surface area contributed by atoms with Crippen LogP contribution in [-0.2, 0) is 4.79 Å². The predicted molar refractivity (Wildman–Crippen MR) is 52.3 cm³/mol. The molecular formula is C9H15N3O. The molecule has 0 bridgehead atoms. The zero-order valence-electron chi connectivity index (χ0n) is 7.71. The first-order chi connectivity index (χ1) is 6.18. The van der Waals surface area contributed by atoms with E-state index in [1.165, 1.54) is 0 Å². The number of nitrogens with two attached hydrogens (primary N) is 1. The van der Waals surface area contributed by atoms with Crippen LogP contribution in [0.2, 0.25) is 0 Å². The van der Waals surface area contributed by atoms with Crippen LogP contribution in [0, 0.1) is 0 Å². The topological polar surface area (TPSA) is 70.9 Å². The minimum atomic E-state index is 0.0110. The van der Waals surface area contributed by atoms with E-state index in [0.29, 0.717) is 6.42 Å². The Morgan fingerprint density at radius 3 is 3.08 bits per heavy atom. The van der Waals surface area contributed by atoms with Crippen molar-refractivity contribution in [1.82, 2.24) is 4.98 Å². The second-order valence-corrected chi connectivity index (χ2v) is 3.16. The van der Waals surface area contributed by atoms with Crippen molar-refractivity contribution in [3.63, 3.8) is 0 Å². The molecule has 1 amide bonds. The summed E-state index contributed by atoms with van der Waals surface area (Å²) in [7, 11) is 0. The van der Waals surface area contributed by atoms with Crippen molar-refractivity contribution in [3.8, 4) is 0 Å². The van der Waals surface area contributed by atoms with Gasteiger partial charge in [-0.15, -0.1) is 0 Å². The first-order valence-corrected chi connectivity index (χ1v) is 4.36. The van der Waals surface area contributed by atoms with Crippen molar-refractivity contribution in [2.24, 2.45) is 5.73 Å². The molecule has 4 N–H and O–H groups in total. The van der Waals surface area contributed by atoms with Crippen LogP contribution in [0.25, 0.3) is 0 Å². The monoisotopic (exact) mass is 181 g/mol. The van der Waals surface area contributed by atoms with E-state index in [-0.39, 0.29) is 11.9 Å². The second kappa shape index (κ2) is 4.67. The highest BCUT2D eigenvalue weighted by atomic mass is 16.1. The molecule has 0 aliphatic heterocycles. The van der Waals surface area contributed by atoms with Gasteiger partial charge < -0.3 is 16.0 Å². The fourth-order valence-electron chi connectivity index (χ4n) is 0.984. The van der Waals surface area contributed by atoms with Gasteiger partial charge in [0, 0.05) is 24.9 Å². The van der Waals surface area contributed by atoms with E-state index in [9.17, 15) is 4.79 Å². The maximum Gasteiger partial charge on any atom is 0.224 e. The molecule has 1 atom stereocenters. The molecular weight excluding hydrogens is 166 g/mol. The van der Waals surface area contributed by atoms with E-state index in [1.807, 2.05) is 13.0 Å². The number of hydrogen-bond donors (Lipinski definition) is 3. The van der Waals surface area contributed by atoms with Crippen molar-refractivity contribution in [2.75, 3.05) is 5.32 Å². The summed E-state index contributed by atoms with van der Waals surface area (Å²) in [5.74, 6) is 0.0110. The van der Waals surface area contributed by atoms with Gasteiger partial charge in [-0.3, -0.25) is 4.79 Å². The molecule has 1 unspecified atom stereocenters. The number of nitrogens with one attached hydrogen (secondary N) is 2. The Hall–Kier alpha value is -1.29. The Balaban J connectivity index is 2.26. The van der Waals surface area contributed by atoms with Crippen LogP contribution in [0.15, 0.2) is 18.5 Å². The zero-order valence-corrected chi connectivity index (χ0v) is 7.71. The van der Waals surface area contributed by atoms with E-state index in [4.69, 9.17) is 5.73 Å². The highest BCUT2D eigenvalue weighted by Crippen LogP contribution is 2.05. The Kier molecular flexibility index (Phi) is 3.52. The average Bonchev–Trinajstić information content (AvgIpc) is 2.53. The number of aromatic amines is 1. The summed E-state index contributed by atoms with van der Waals surface area (Å²) in [6.07, 6.45) is 4.70. The van der Waals surface area contributed by atoms with Crippen molar-refractivity contribution in [2.45, 2.75) is 25.8 Å². The highest BCUT2D eigenvalue weighted by Gasteiger charge is 2.03. The molecule has 72 valence electrons. The summed E-state index contributed by atoms with van der Waals surface area (Å²) in [4.78, 5) is 14.1. The van der Waals surface area contributed by atoms with Gasteiger partial charge in [0.1, 0.15) is 0 Å². The third kappa shape index (κ3) is 3.75. The molecule has 0 spiro atoms. The zero-order chi connectivity index (χ0) is 9.68. The van der Waals surface area contributed by atoms with Crippen molar-refractivity contribution >= 4 is 11.6 Å². The summed E-state index contributed by atoms with van der Waals surface area (Å²) in [6, 6.07) is 1.89. The fraction of sp³-hybridized carbons (Fsp3) is 0.444. The smallest absolute Gasteiger partial charge is 0.224 e. The molecule has 13 heavy (non-hydrogen) atoms. The lowest BCUT2D eigenvalue weighted by atomic mass is 10.2. The minimum absolute atomic E-state index is 0.0110. The number of anilines is 1. The predicted octanol–water partition coefficient (Wildman–Crippen LogP) is 1.08. The van der Waals surface area contributed by atoms with Crippen LogP contribution in [0.3, 0.4) is 0 Å². The largest absolute Gasteiger partial charge is 0.366 e. The first kappa shape index (κ1) is 9.80. The number of hydrogen-bond acceptors (Lipinski definition) is 2. The summed E-state index contributed by atoms with van der Waals surface area (Å²) in [6.45, 7) is 1.89. The molecule has 1 aromatic rings. The van der Waals surface area contributed by atoms with E-state index >= 15 is 0 Å². The lowest BCUT2D eigenvalue weighted by Gasteiger charge is -2.04. The van der Waals surface area contributed by atoms with Gasteiger partial charge in [-0.05, 0) is 19.4 Å². The molecule has 0 aliphatic carbocycles. The van der Waals surface area contributed by atoms with Crippen LogP contribution < -0.4 is 11.1 Å². The molecule has 1 heterocycles. The molecule has 1 rings (SSSR count). The molecule has 0 radical (unpaired) electrons. The molecule has 1 aromatic heterocycles. The van der Waals surface area contributed by atoms with Crippen molar-refractivity contribution in [3.05, 3.63) is 18.5 Å². The molecule has 0 fully saturated rings. The maximum absolute atomic E-state index is 11.2. The molecule has 4 heteroatoms. The van der Waals surface area contributed by atoms with Crippen molar-refractivity contribution in [1.29, 1.82) is 0 Å². The van der Waals surface area contributed by atoms with Crippen LogP contribution in [0.5, 0.6) is 0 Å². The molecule has 0 saturated carbocycles.